The van der Waals surface area contributed by atoms with Gasteiger partial charge < -0.3 is 75.9 Å². The van der Waals surface area contributed by atoms with Crippen LogP contribution in [0.25, 0.3) is 0 Å². The van der Waals surface area contributed by atoms with E-state index < -0.39 is 114 Å². The van der Waals surface area contributed by atoms with E-state index in [0.29, 0.717) is 23.1 Å². The molecule has 78 heavy (non-hydrogen) atoms. The van der Waals surface area contributed by atoms with Gasteiger partial charge in [0.05, 0.1) is 12.6 Å². The summed E-state index contributed by atoms with van der Waals surface area (Å²) in [4.78, 5) is 141. The molecule has 10 amide bonds. The van der Waals surface area contributed by atoms with Gasteiger partial charge >= 0.3 is 0 Å². The Kier molecular flexibility index (Phi) is 24.0. The number of nitrogens with zero attached hydrogens (tertiary/aromatic N) is 2. The first kappa shape index (κ1) is 60.9. The molecule has 25 nitrogen and oxygen atoms in total. The van der Waals surface area contributed by atoms with E-state index in [0.717, 1.165) is 21.6 Å². The van der Waals surface area contributed by atoms with Crippen LogP contribution in [0.4, 0.5) is 0 Å². The number of hydrogen-bond acceptors (Lipinski definition) is 15. The minimum absolute atomic E-state index is 0.0194. The summed E-state index contributed by atoms with van der Waals surface area (Å²) in [5, 5.41) is 28.1. The molecule has 2 heterocycles. The van der Waals surface area contributed by atoms with Crippen molar-refractivity contribution in [3.8, 4) is 5.75 Å². The van der Waals surface area contributed by atoms with Gasteiger partial charge in [-0.15, -0.1) is 0 Å². The molecule has 27 heteroatoms. The number of benzene rings is 3. The van der Waals surface area contributed by atoms with E-state index in [2.05, 4.69) is 42.2 Å². The average molecular weight is 1120 g/mol. The van der Waals surface area contributed by atoms with Crippen molar-refractivity contribution >= 4 is 86.6 Å². The molecule has 0 spiro atoms. The number of rotatable bonds is 23. The number of phenolic OH excluding ortho intramolecular Hbond substituents is 1. The molecular formula is C51H68N14O11S2. The Hall–Kier alpha value is -7.91. The van der Waals surface area contributed by atoms with E-state index in [-0.39, 0.29) is 87.7 Å². The van der Waals surface area contributed by atoms with Crippen molar-refractivity contribution in [1.29, 1.82) is 0 Å². The number of carbonyl (C=O) groups excluding carboxylic acids is 10. The van der Waals surface area contributed by atoms with Crippen LogP contribution in [0.15, 0.2) is 89.9 Å². The fraction of sp³-hybridized carbons (Fsp3) is 0.431. The third-order valence-corrected chi connectivity index (χ3v) is 15.0. The molecule has 2 aliphatic rings. The van der Waals surface area contributed by atoms with Crippen LogP contribution in [-0.4, -0.2) is 155 Å². The van der Waals surface area contributed by atoms with Crippen LogP contribution in [0.2, 0.25) is 0 Å². The van der Waals surface area contributed by atoms with Gasteiger partial charge in [-0.2, -0.15) is 0 Å². The second kappa shape index (κ2) is 30.7. The third kappa shape index (κ3) is 19.9. The molecule has 3 aromatic rings. The number of guanidine groups is 1. The van der Waals surface area contributed by atoms with Gasteiger partial charge in [-0.1, -0.05) is 94.4 Å². The first-order chi connectivity index (χ1) is 37.3. The smallest absolute Gasteiger partial charge is 0.246 e. The van der Waals surface area contributed by atoms with Crippen LogP contribution >= 0.6 is 21.6 Å². The van der Waals surface area contributed by atoms with Crippen molar-refractivity contribution in [3.63, 3.8) is 0 Å². The standard InChI is InChI=1S/C51H68N14O11S2/c52-33(23-31-15-17-32(66)18-16-31)44(70)63-38-27-77-78-28-39(64-48(74)37(25-30-11-5-2-6-12-30)59-42(68)26-58-45(38)71)50(76)65-22-8-14-40(65)49(75)61-35(19-20-41(53)67)47(73)60-34(13-7-21-57-51(55)56)46(72)62-36(43(54)69)24-29-9-3-1-4-10-29/h1-6,9-12,15-18,33-40,66H,7-8,13-14,19-28,52H2,(H2,53,67)(H2,54,69)(H,58,71)(H,59,68)(H,60,73)(H,61,75)(H,62,72)(H,63,70)(H,64,74)(H4,55,56,57)/t33-,34-,35-,36-,37-,38+,39-,40-/m0/s1. The Labute approximate surface area is 458 Å². The molecule has 0 saturated carbocycles. The second-order valence-electron chi connectivity index (χ2n) is 18.6. The lowest BCUT2D eigenvalue weighted by Gasteiger charge is -2.31. The SMILES string of the molecule is NC(=O)CC[C@H](NC(=O)[C@@H]1CCCN1C(=O)[C@@H]1CSSC[C@@H](NC(=O)[C@@H](N)Cc2ccc(O)cc2)C(=O)NCC(=O)N[C@@H](Cc2ccccc2)C(=O)N1)C(=O)N[C@@H](CCCN=C(N)N)C(=O)N[C@@H](Cc1ccccc1)C(N)=O. The van der Waals surface area contributed by atoms with E-state index in [4.69, 9.17) is 28.7 Å². The molecule has 2 saturated heterocycles. The number of aliphatic imine (C=N–C) groups is 1. The number of phenols is 1. The highest BCUT2D eigenvalue weighted by Crippen LogP contribution is 2.26. The van der Waals surface area contributed by atoms with Crippen molar-refractivity contribution in [3.05, 3.63) is 102 Å². The van der Waals surface area contributed by atoms with E-state index in [1.807, 2.05) is 0 Å². The number of likely N-dealkylation sites (tertiary alicyclic amines) is 1. The van der Waals surface area contributed by atoms with E-state index in [9.17, 15) is 53.1 Å². The fourth-order valence-electron chi connectivity index (χ4n) is 8.43. The molecule has 2 aliphatic heterocycles. The zero-order valence-corrected chi connectivity index (χ0v) is 44.4. The van der Waals surface area contributed by atoms with Crippen LogP contribution in [0.3, 0.4) is 0 Å². The van der Waals surface area contributed by atoms with Crippen LogP contribution in [0.5, 0.6) is 5.75 Å². The largest absolute Gasteiger partial charge is 0.508 e. The molecule has 420 valence electrons. The van der Waals surface area contributed by atoms with Gasteiger partial charge in [0, 0.05) is 43.9 Å². The lowest BCUT2D eigenvalue weighted by molar-refractivity contribution is -0.142. The van der Waals surface area contributed by atoms with Crippen LogP contribution < -0.4 is 65.9 Å². The number of nitrogens with one attached hydrogen (secondary N) is 7. The Balaban J connectivity index is 1.35. The first-order valence-electron chi connectivity index (χ1n) is 25.2. The van der Waals surface area contributed by atoms with Gasteiger partial charge in [-0.3, -0.25) is 52.9 Å². The van der Waals surface area contributed by atoms with Crippen molar-refractivity contribution in [2.75, 3.05) is 31.1 Å². The summed E-state index contributed by atoms with van der Waals surface area (Å²) in [5.41, 5.74) is 30.3. The third-order valence-electron chi connectivity index (χ3n) is 12.6. The summed E-state index contributed by atoms with van der Waals surface area (Å²) >= 11 is 0. The molecule has 18 N–H and O–H groups in total. The maximum absolute atomic E-state index is 14.7. The maximum atomic E-state index is 14.7. The number of carbonyl (C=O) groups is 10. The zero-order chi connectivity index (χ0) is 56.7. The van der Waals surface area contributed by atoms with Crippen LogP contribution in [-0.2, 0) is 67.2 Å². The normalized spacial score (nSPS) is 19.6. The van der Waals surface area contributed by atoms with Crippen molar-refractivity contribution in [2.45, 2.75) is 106 Å². The topological polar surface area (TPSA) is 421 Å². The highest BCUT2D eigenvalue weighted by atomic mass is 33.1. The quantitative estimate of drug-likeness (QED) is 0.0194. The fourth-order valence-corrected chi connectivity index (χ4v) is 10.7. The lowest BCUT2D eigenvalue weighted by Crippen LogP contribution is -2.60. The molecule has 8 atom stereocenters. The van der Waals surface area contributed by atoms with Crippen molar-refractivity contribution < 1.29 is 53.1 Å². The molecule has 0 aliphatic carbocycles. The first-order valence-corrected chi connectivity index (χ1v) is 27.6. The van der Waals surface area contributed by atoms with Gasteiger partial charge in [-0.25, -0.2) is 0 Å². The average Bonchev–Trinajstić information content (AvgIpc) is 3.92. The van der Waals surface area contributed by atoms with Crippen molar-refractivity contribution in [2.24, 2.45) is 33.7 Å². The molecule has 0 radical (unpaired) electrons. The molecule has 3 aromatic carbocycles. The minimum atomic E-state index is -1.48. The predicted molar refractivity (Wildman–Crippen MR) is 292 cm³/mol. The minimum Gasteiger partial charge on any atom is -0.508 e. The molecular weight excluding hydrogens is 1050 g/mol. The highest BCUT2D eigenvalue weighted by molar-refractivity contribution is 8.76. The van der Waals surface area contributed by atoms with Gasteiger partial charge in [-0.05, 0) is 67.3 Å². The van der Waals surface area contributed by atoms with Crippen LogP contribution in [0, 0.1) is 0 Å². The molecule has 0 aromatic heterocycles. The molecule has 5 rings (SSSR count). The predicted octanol–water partition coefficient (Wildman–Crippen LogP) is -3.04. The van der Waals surface area contributed by atoms with Crippen molar-refractivity contribution in [1.82, 2.24) is 42.1 Å². The second-order valence-corrected chi connectivity index (χ2v) is 21.2. The van der Waals surface area contributed by atoms with Gasteiger partial charge in [0.2, 0.25) is 59.1 Å². The summed E-state index contributed by atoms with van der Waals surface area (Å²) in [5.74, 6) is -8.10. The van der Waals surface area contributed by atoms with Gasteiger partial charge in [0.1, 0.15) is 48.0 Å². The number of aromatic hydroxyl groups is 1. The zero-order valence-electron chi connectivity index (χ0n) is 42.7. The summed E-state index contributed by atoms with van der Waals surface area (Å²) < 4.78 is 0. The Morgan fingerprint density at radius 2 is 1.33 bits per heavy atom. The van der Waals surface area contributed by atoms with E-state index >= 15 is 0 Å². The van der Waals surface area contributed by atoms with Crippen LogP contribution in [0.1, 0.15) is 55.2 Å². The Bertz CT molecular complexity index is 2610. The van der Waals surface area contributed by atoms with Gasteiger partial charge in [0.25, 0.3) is 0 Å². The van der Waals surface area contributed by atoms with E-state index in [1.54, 1.807) is 72.8 Å². The number of hydrogen-bond donors (Lipinski definition) is 13. The number of nitrogens with two attached hydrogens (primary N) is 5. The Morgan fingerprint density at radius 3 is 1.97 bits per heavy atom. The van der Waals surface area contributed by atoms with E-state index in [1.165, 1.54) is 17.0 Å². The molecule has 0 unspecified atom stereocenters. The summed E-state index contributed by atoms with van der Waals surface area (Å²) in [7, 11) is 2.17. The number of primary amides is 2. The van der Waals surface area contributed by atoms with Gasteiger partial charge in [0.15, 0.2) is 5.96 Å². The highest BCUT2D eigenvalue weighted by Gasteiger charge is 2.40. The summed E-state index contributed by atoms with van der Waals surface area (Å²) in [6, 6.07) is 13.5. The Morgan fingerprint density at radius 1 is 0.718 bits per heavy atom. The molecule has 0 bridgehead atoms. The monoisotopic (exact) mass is 1120 g/mol. The summed E-state index contributed by atoms with van der Waals surface area (Å²) in [6.45, 7) is -0.469. The lowest BCUT2D eigenvalue weighted by atomic mass is 10.0. The summed E-state index contributed by atoms with van der Waals surface area (Å²) in [6.07, 6.45) is -0.0410. The number of amides is 10. The molecule has 2 fully saturated rings. The maximum Gasteiger partial charge on any atom is 0.246 e.